The first-order chi connectivity index (χ1) is 9.36. The van der Waals surface area contributed by atoms with Crippen molar-refractivity contribution < 1.29 is 17.9 Å². The van der Waals surface area contributed by atoms with E-state index >= 15 is 0 Å². The van der Waals surface area contributed by atoms with Gasteiger partial charge in [0.2, 0.25) is 27.7 Å². The number of hydrogen-bond acceptors (Lipinski definition) is 7. The normalized spacial score (nSPS) is 11.4. The van der Waals surface area contributed by atoms with Crippen molar-refractivity contribution in [1.82, 2.24) is 15.3 Å². The van der Waals surface area contributed by atoms with Gasteiger partial charge in [0, 0.05) is 12.6 Å². The monoisotopic (exact) mass is 304 g/mol. The average Bonchev–Trinajstić information content (AvgIpc) is 2.36. The lowest BCUT2D eigenvalue weighted by Crippen LogP contribution is -2.31. The Morgan fingerprint density at radius 2 is 1.75 bits per heavy atom. The summed E-state index contributed by atoms with van der Waals surface area (Å²) in [5.41, 5.74) is 0. The van der Waals surface area contributed by atoms with Crippen molar-refractivity contribution in [3.8, 4) is 11.8 Å². The molecular formula is C11H20N4O4S. The standard InChI is InChI=1S/C11H20N4O4S/c1-8(2)12-5-6-20(16,17)15-11-13-9(18-3)7-10(14-11)19-4/h7-8,12H,5-6H2,1-4H3,(H,13,14,15). The summed E-state index contributed by atoms with van der Waals surface area (Å²) >= 11 is 0. The van der Waals surface area contributed by atoms with E-state index in [-0.39, 0.29) is 29.5 Å². The Balaban J connectivity index is 2.75. The summed E-state index contributed by atoms with van der Waals surface area (Å²) in [6.07, 6.45) is 0. The van der Waals surface area contributed by atoms with Crippen LogP contribution in [-0.4, -0.2) is 50.9 Å². The Labute approximate surface area is 119 Å². The van der Waals surface area contributed by atoms with Crippen LogP contribution < -0.4 is 19.5 Å². The van der Waals surface area contributed by atoms with Gasteiger partial charge in [-0.05, 0) is 0 Å². The lowest BCUT2D eigenvalue weighted by Gasteiger charge is -2.10. The summed E-state index contributed by atoms with van der Waals surface area (Å²) < 4.78 is 35.9. The summed E-state index contributed by atoms with van der Waals surface area (Å²) in [6.45, 7) is 4.22. The van der Waals surface area contributed by atoms with E-state index in [9.17, 15) is 8.42 Å². The van der Waals surface area contributed by atoms with Crippen LogP contribution >= 0.6 is 0 Å². The van der Waals surface area contributed by atoms with Gasteiger partial charge in [-0.1, -0.05) is 13.8 Å². The molecule has 20 heavy (non-hydrogen) atoms. The second-order valence-electron chi connectivity index (χ2n) is 4.31. The van der Waals surface area contributed by atoms with Gasteiger partial charge < -0.3 is 14.8 Å². The largest absolute Gasteiger partial charge is 0.481 e. The van der Waals surface area contributed by atoms with Gasteiger partial charge in [-0.3, -0.25) is 4.72 Å². The van der Waals surface area contributed by atoms with Crippen LogP contribution in [0.4, 0.5) is 5.95 Å². The van der Waals surface area contributed by atoms with E-state index in [2.05, 4.69) is 20.0 Å². The lowest BCUT2D eigenvalue weighted by atomic mass is 10.4. The van der Waals surface area contributed by atoms with Gasteiger partial charge in [-0.15, -0.1) is 0 Å². The van der Waals surface area contributed by atoms with E-state index in [1.807, 2.05) is 13.8 Å². The summed E-state index contributed by atoms with van der Waals surface area (Å²) in [5.74, 6) is 0.282. The Bertz CT molecular complexity index is 511. The molecule has 0 radical (unpaired) electrons. The zero-order chi connectivity index (χ0) is 15.2. The van der Waals surface area contributed by atoms with Crippen LogP contribution in [0.5, 0.6) is 11.8 Å². The molecule has 1 rings (SSSR count). The zero-order valence-electron chi connectivity index (χ0n) is 12.0. The van der Waals surface area contributed by atoms with Crippen molar-refractivity contribution in [3.05, 3.63) is 6.07 Å². The molecule has 0 aliphatic carbocycles. The molecule has 0 aliphatic rings. The summed E-state index contributed by atoms with van der Waals surface area (Å²) in [7, 11) is -0.682. The van der Waals surface area contributed by atoms with Crippen molar-refractivity contribution in [2.75, 3.05) is 31.2 Å². The molecule has 0 atom stereocenters. The van der Waals surface area contributed by atoms with Crippen molar-refractivity contribution in [2.45, 2.75) is 19.9 Å². The first kappa shape index (κ1) is 16.4. The summed E-state index contributed by atoms with van der Waals surface area (Å²) in [4.78, 5) is 7.81. The fourth-order valence-corrected chi connectivity index (χ4v) is 2.19. The molecule has 1 heterocycles. The predicted molar refractivity (Wildman–Crippen MR) is 75.7 cm³/mol. The minimum atomic E-state index is -3.53. The molecule has 0 bridgehead atoms. The van der Waals surface area contributed by atoms with Gasteiger partial charge in [0.1, 0.15) is 0 Å². The number of aromatic nitrogens is 2. The average molecular weight is 304 g/mol. The molecule has 0 saturated carbocycles. The predicted octanol–water partition coefficient (Wildman–Crippen LogP) is 0.234. The molecule has 0 aromatic carbocycles. The van der Waals surface area contributed by atoms with Crippen molar-refractivity contribution in [2.24, 2.45) is 0 Å². The van der Waals surface area contributed by atoms with E-state index in [1.54, 1.807) is 0 Å². The van der Waals surface area contributed by atoms with Crippen LogP contribution in [0.3, 0.4) is 0 Å². The minimum Gasteiger partial charge on any atom is -0.481 e. The van der Waals surface area contributed by atoms with Crippen molar-refractivity contribution in [3.63, 3.8) is 0 Å². The third kappa shape index (κ3) is 5.57. The molecule has 0 amide bonds. The topological polar surface area (TPSA) is 102 Å². The van der Waals surface area contributed by atoms with Gasteiger partial charge >= 0.3 is 0 Å². The molecule has 1 aromatic rings. The molecule has 1 aromatic heterocycles. The second-order valence-corrected chi connectivity index (χ2v) is 6.15. The van der Waals surface area contributed by atoms with E-state index < -0.39 is 10.0 Å². The SMILES string of the molecule is COc1cc(OC)nc(NS(=O)(=O)CCNC(C)C)n1. The van der Waals surface area contributed by atoms with Crippen LogP contribution in [0.15, 0.2) is 6.07 Å². The maximum Gasteiger partial charge on any atom is 0.243 e. The fourth-order valence-electron chi connectivity index (χ4n) is 1.33. The third-order valence-corrected chi connectivity index (χ3v) is 3.50. The highest BCUT2D eigenvalue weighted by Gasteiger charge is 2.14. The number of nitrogens with one attached hydrogen (secondary N) is 2. The number of ether oxygens (including phenoxy) is 2. The molecule has 0 unspecified atom stereocenters. The third-order valence-electron chi connectivity index (χ3n) is 2.27. The molecule has 0 spiro atoms. The maximum atomic E-state index is 11.9. The molecule has 0 aliphatic heterocycles. The highest BCUT2D eigenvalue weighted by Crippen LogP contribution is 2.17. The molecule has 0 fully saturated rings. The highest BCUT2D eigenvalue weighted by molar-refractivity contribution is 7.92. The van der Waals surface area contributed by atoms with Crippen LogP contribution in [0.2, 0.25) is 0 Å². The van der Waals surface area contributed by atoms with Crippen LogP contribution in [0.25, 0.3) is 0 Å². The van der Waals surface area contributed by atoms with Crippen LogP contribution in [-0.2, 0) is 10.0 Å². The van der Waals surface area contributed by atoms with Crippen molar-refractivity contribution in [1.29, 1.82) is 0 Å². The van der Waals surface area contributed by atoms with E-state index in [0.717, 1.165) is 0 Å². The Kier molecular flexibility index (Phi) is 5.96. The number of sulfonamides is 1. The lowest BCUT2D eigenvalue weighted by molar-refractivity contribution is 0.373. The highest BCUT2D eigenvalue weighted by atomic mass is 32.2. The van der Waals surface area contributed by atoms with Gasteiger partial charge in [0.25, 0.3) is 0 Å². The van der Waals surface area contributed by atoms with Crippen LogP contribution in [0.1, 0.15) is 13.8 Å². The number of nitrogens with zero attached hydrogens (tertiary/aromatic N) is 2. The van der Waals surface area contributed by atoms with E-state index in [1.165, 1.54) is 20.3 Å². The zero-order valence-corrected chi connectivity index (χ0v) is 12.8. The first-order valence-electron chi connectivity index (χ1n) is 6.07. The van der Waals surface area contributed by atoms with Gasteiger partial charge in [-0.2, -0.15) is 9.97 Å². The van der Waals surface area contributed by atoms with Crippen LogP contribution in [0, 0.1) is 0 Å². The molecular weight excluding hydrogens is 284 g/mol. The fraction of sp³-hybridized carbons (Fsp3) is 0.636. The molecule has 8 nitrogen and oxygen atoms in total. The number of anilines is 1. The molecule has 114 valence electrons. The summed E-state index contributed by atoms with van der Waals surface area (Å²) in [5, 5.41) is 3.02. The van der Waals surface area contributed by atoms with Gasteiger partial charge in [0.05, 0.1) is 26.0 Å². The minimum absolute atomic E-state index is 0.0753. The molecule has 0 saturated heterocycles. The Morgan fingerprint density at radius 3 is 2.20 bits per heavy atom. The number of methoxy groups -OCH3 is 2. The first-order valence-corrected chi connectivity index (χ1v) is 7.72. The number of hydrogen-bond donors (Lipinski definition) is 2. The molecule has 9 heteroatoms. The second kappa shape index (κ2) is 7.25. The maximum absolute atomic E-state index is 11.9. The van der Waals surface area contributed by atoms with E-state index in [4.69, 9.17) is 9.47 Å². The Morgan fingerprint density at radius 1 is 1.20 bits per heavy atom. The van der Waals surface area contributed by atoms with E-state index in [0.29, 0.717) is 6.54 Å². The van der Waals surface area contributed by atoms with Gasteiger partial charge in [0.15, 0.2) is 0 Å². The summed E-state index contributed by atoms with van der Waals surface area (Å²) in [6, 6.07) is 1.68. The smallest absolute Gasteiger partial charge is 0.243 e. The Hall–Kier alpha value is -1.61. The van der Waals surface area contributed by atoms with Crippen molar-refractivity contribution >= 4 is 16.0 Å². The quantitative estimate of drug-likeness (QED) is 0.709. The number of rotatable bonds is 8. The molecule has 2 N–H and O–H groups in total. The van der Waals surface area contributed by atoms with Gasteiger partial charge in [-0.25, -0.2) is 8.42 Å².